The first-order valence-corrected chi connectivity index (χ1v) is 6.35. The number of fused-ring (bicyclic) bond motifs is 1. The minimum atomic E-state index is -0.164. The van der Waals surface area contributed by atoms with Crippen molar-refractivity contribution in [1.82, 2.24) is 9.97 Å². The third-order valence-electron chi connectivity index (χ3n) is 3.94. The molecular formula is C13H18N4O. The molecule has 0 aliphatic heterocycles. The zero-order valence-electron chi connectivity index (χ0n) is 10.4. The van der Waals surface area contributed by atoms with Crippen molar-refractivity contribution in [2.24, 2.45) is 5.73 Å². The van der Waals surface area contributed by atoms with Gasteiger partial charge in [-0.15, -0.1) is 0 Å². The molecule has 3 rings (SSSR count). The molecule has 0 saturated heterocycles. The van der Waals surface area contributed by atoms with Gasteiger partial charge in [0.05, 0.1) is 11.0 Å². The van der Waals surface area contributed by atoms with Gasteiger partial charge in [-0.05, 0) is 37.5 Å². The molecule has 18 heavy (non-hydrogen) atoms. The zero-order valence-corrected chi connectivity index (χ0v) is 10.4. The second kappa shape index (κ2) is 4.17. The third kappa shape index (κ3) is 1.80. The summed E-state index contributed by atoms with van der Waals surface area (Å²) in [5.41, 5.74) is 8.75. The van der Waals surface area contributed by atoms with Crippen LogP contribution in [0.4, 0.5) is 5.69 Å². The van der Waals surface area contributed by atoms with Crippen molar-refractivity contribution in [2.75, 3.05) is 11.9 Å². The molecule has 1 aliphatic carbocycles. The highest BCUT2D eigenvalue weighted by Crippen LogP contribution is 2.27. The van der Waals surface area contributed by atoms with E-state index in [0.29, 0.717) is 6.04 Å². The average Bonchev–Trinajstić information content (AvgIpc) is 2.91. The first kappa shape index (κ1) is 11.3. The molecular weight excluding hydrogens is 228 g/mol. The van der Waals surface area contributed by atoms with Crippen LogP contribution in [0.5, 0.6) is 0 Å². The number of hydrogen-bond acceptors (Lipinski definition) is 3. The lowest BCUT2D eigenvalue weighted by atomic mass is 10.1. The minimum Gasteiger partial charge on any atom is -0.370 e. The number of hydrogen-bond donors (Lipinski definition) is 3. The van der Waals surface area contributed by atoms with E-state index in [1.165, 1.54) is 6.42 Å². The first-order valence-electron chi connectivity index (χ1n) is 6.35. The number of nitrogens with one attached hydrogen (secondary N) is 2. The number of anilines is 1. The summed E-state index contributed by atoms with van der Waals surface area (Å²) in [4.78, 5) is 19.0. The molecule has 0 spiro atoms. The van der Waals surface area contributed by atoms with E-state index in [9.17, 15) is 4.79 Å². The predicted molar refractivity (Wildman–Crippen MR) is 72.9 cm³/mol. The molecule has 4 N–H and O–H groups in total. The van der Waals surface area contributed by atoms with E-state index in [4.69, 9.17) is 5.73 Å². The Morgan fingerprint density at radius 2 is 2.06 bits per heavy atom. The Bertz CT molecular complexity index is 615. The van der Waals surface area contributed by atoms with Gasteiger partial charge in [0.2, 0.25) is 0 Å². The van der Waals surface area contributed by atoms with Crippen molar-refractivity contribution in [1.29, 1.82) is 0 Å². The van der Waals surface area contributed by atoms with Crippen LogP contribution in [0.15, 0.2) is 23.0 Å². The summed E-state index contributed by atoms with van der Waals surface area (Å²) < 4.78 is 0. The fraction of sp³-hybridized carbons (Fsp3) is 0.462. The summed E-state index contributed by atoms with van der Waals surface area (Å²) in [6.07, 6.45) is 3.43. The van der Waals surface area contributed by atoms with Crippen molar-refractivity contribution in [2.45, 2.75) is 31.3 Å². The van der Waals surface area contributed by atoms with E-state index in [1.807, 2.05) is 18.2 Å². The molecule has 96 valence electrons. The van der Waals surface area contributed by atoms with Crippen molar-refractivity contribution < 1.29 is 0 Å². The van der Waals surface area contributed by atoms with Gasteiger partial charge in [0.25, 0.3) is 0 Å². The van der Waals surface area contributed by atoms with Crippen molar-refractivity contribution in [3.05, 3.63) is 28.7 Å². The van der Waals surface area contributed by atoms with E-state index >= 15 is 0 Å². The normalized spacial score (nSPS) is 23.7. The Hall–Kier alpha value is -1.75. The molecule has 1 aliphatic rings. The maximum atomic E-state index is 11.2. The third-order valence-corrected chi connectivity index (χ3v) is 3.94. The van der Waals surface area contributed by atoms with Crippen LogP contribution < -0.4 is 16.3 Å². The van der Waals surface area contributed by atoms with Gasteiger partial charge in [0.1, 0.15) is 0 Å². The Balaban J connectivity index is 1.95. The highest BCUT2D eigenvalue weighted by Gasteiger charge is 2.27. The Labute approximate surface area is 105 Å². The molecule has 5 heteroatoms. The SMILES string of the molecule is CN(c1ccc2[nH]c(=O)[nH]c2c1)C1CCCC1N. The van der Waals surface area contributed by atoms with Gasteiger partial charge in [0, 0.05) is 24.8 Å². The Morgan fingerprint density at radius 1 is 1.28 bits per heavy atom. The van der Waals surface area contributed by atoms with E-state index in [0.717, 1.165) is 29.6 Å². The first-order chi connectivity index (χ1) is 8.65. The number of H-pyrrole nitrogens is 2. The van der Waals surface area contributed by atoms with Gasteiger partial charge in [-0.1, -0.05) is 0 Å². The Kier molecular flexibility index (Phi) is 2.63. The monoisotopic (exact) mass is 246 g/mol. The maximum Gasteiger partial charge on any atom is 0.323 e. The maximum absolute atomic E-state index is 11.2. The number of imidazole rings is 1. The van der Waals surface area contributed by atoms with Crippen LogP contribution in [-0.4, -0.2) is 29.1 Å². The Morgan fingerprint density at radius 3 is 2.78 bits per heavy atom. The molecule has 2 unspecified atom stereocenters. The van der Waals surface area contributed by atoms with E-state index < -0.39 is 0 Å². The zero-order chi connectivity index (χ0) is 12.7. The summed E-state index contributed by atoms with van der Waals surface area (Å²) in [5.74, 6) is 0. The summed E-state index contributed by atoms with van der Waals surface area (Å²) in [5, 5.41) is 0. The lowest BCUT2D eigenvalue weighted by Crippen LogP contribution is -2.42. The van der Waals surface area contributed by atoms with Crippen molar-refractivity contribution in [3.8, 4) is 0 Å². The number of aromatic amines is 2. The standard InChI is InChI=1S/C13H18N4O/c1-17(12-4-2-3-9(12)14)8-5-6-10-11(7-8)16-13(18)15-10/h5-7,9,12H,2-4,14H2,1H3,(H2,15,16,18). The largest absolute Gasteiger partial charge is 0.370 e. The highest BCUT2D eigenvalue weighted by atomic mass is 16.1. The highest BCUT2D eigenvalue weighted by molar-refractivity contribution is 5.79. The van der Waals surface area contributed by atoms with Gasteiger partial charge in [0.15, 0.2) is 0 Å². The van der Waals surface area contributed by atoms with Crippen molar-refractivity contribution >= 4 is 16.7 Å². The summed E-state index contributed by atoms with van der Waals surface area (Å²) in [6, 6.07) is 6.60. The molecule has 5 nitrogen and oxygen atoms in total. The second-order valence-corrected chi connectivity index (χ2v) is 5.08. The lowest BCUT2D eigenvalue weighted by molar-refractivity contribution is 0.573. The fourth-order valence-corrected chi connectivity index (χ4v) is 2.88. The van der Waals surface area contributed by atoms with E-state index in [1.54, 1.807) is 0 Å². The van der Waals surface area contributed by atoms with Crippen LogP contribution in [0.25, 0.3) is 11.0 Å². The van der Waals surface area contributed by atoms with Crippen LogP contribution in [-0.2, 0) is 0 Å². The molecule has 2 atom stereocenters. The van der Waals surface area contributed by atoms with Crippen LogP contribution in [0.3, 0.4) is 0 Å². The van der Waals surface area contributed by atoms with Crippen LogP contribution in [0.2, 0.25) is 0 Å². The van der Waals surface area contributed by atoms with Crippen molar-refractivity contribution in [3.63, 3.8) is 0 Å². The topological polar surface area (TPSA) is 77.9 Å². The van der Waals surface area contributed by atoms with Crippen LogP contribution in [0, 0.1) is 0 Å². The molecule has 0 radical (unpaired) electrons. The lowest BCUT2D eigenvalue weighted by Gasteiger charge is -2.29. The number of likely N-dealkylation sites (N-methyl/N-ethyl adjacent to an activating group) is 1. The molecule has 0 amide bonds. The molecule has 1 aromatic carbocycles. The van der Waals surface area contributed by atoms with E-state index in [-0.39, 0.29) is 11.7 Å². The molecule has 1 aromatic heterocycles. The summed E-state index contributed by atoms with van der Waals surface area (Å²) in [7, 11) is 2.07. The fourth-order valence-electron chi connectivity index (χ4n) is 2.88. The molecule has 1 saturated carbocycles. The number of nitrogens with zero attached hydrogens (tertiary/aromatic N) is 1. The van der Waals surface area contributed by atoms with Crippen LogP contribution >= 0.6 is 0 Å². The van der Waals surface area contributed by atoms with Gasteiger partial charge >= 0.3 is 5.69 Å². The summed E-state index contributed by atoms with van der Waals surface area (Å²) >= 11 is 0. The van der Waals surface area contributed by atoms with Gasteiger partial charge < -0.3 is 20.6 Å². The predicted octanol–water partition coefficient (Wildman–Crippen LogP) is 1.17. The quantitative estimate of drug-likeness (QED) is 0.744. The molecule has 0 bridgehead atoms. The smallest absolute Gasteiger partial charge is 0.323 e. The van der Waals surface area contributed by atoms with Gasteiger partial charge in [-0.3, -0.25) is 0 Å². The number of nitrogens with two attached hydrogens (primary N) is 1. The average molecular weight is 246 g/mol. The number of benzene rings is 1. The molecule has 2 aromatic rings. The van der Waals surface area contributed by atoms with E-state index in [2.05, 4.69) is 21.9 Å². The number of aromatic nitrogens is 2. The second-order valence-electron chi connectivity index (χ2n) is 5.08. The number of rotatable bonds is 2. The van der Waals surface area contributed by atoms with Gasteiger partial charge in [-0.25, -0.2) is 4.79 Å². The summed E-state index contributed by atoms with van der Waals surface area (Å²) in [6.45, 7) is 0. The molecule has 1 fully saturated rings. The van der Waals surface area contributed by atoms with Gasteiger partial charge in [-0.2, -0.15) is 0 Å². The molecule has 1 heterocycles. The minimum absolute atomic E-state index is 0.164. The van der Waals surface area contributed by atoms with Crippen LogP contribution in [0.1, 0.15) is 19.3 Å².